The lowest BCUT2D eigenvalue weighted by atomic mass is 10.5. The average Bonchev–Trinajstić information content (AvgIpc) is 2.76. The summed E-state index contributed by atoms with van der Waals surface area (Å²) in [6, 6.07) is 0. The Morgan fingerprint density at radius 3 is 3.07 bits per heavy atom. The van der Waals surface area contributed by atoms with Crippen LogP contribution in [0.4, 0.5) is 5.13 Å². The van der Waals surface area contributed by atoms with Gasteiger partial charge in [-0.05, 0) is 22.6 Å². The van der Waals surface area contributed by atoms with Crippen LogP contribution in [0.15, 0.2) is 17.8 Å². The minimum absolute atomic E-state index is 0.682. The highest BCUT2D eigenvalue weighted by molar-refractivity contribution is 14.1. The number of nitrogens with one attached hydrogen (secondary N) is 1. The number of rotatable bonds is 3. The predicted octanol–water partition coefficient (Wildman–Crippen LogP) is 1.28. The molecule has 0 amide bonds. The van der Waals surface area contributed by atoms with Crippen LogP contribution in [0.25, 0.3) is 0 Å². The summed E-state index contributed by atoms with van der Waals surface area (Å²) < 4.78 is 2.96. The van der Waals surface area contributed by atoms with E-state index in [1.165, 1.54) is 11.3 Å². The monoisotopic (exact) mass is 321 g/mol. The van der Waals surface area contributed by atoms with Gasteiger partial charge in [-0.2, -0.15) is 5.10 Å². The van der Waals surface area contributed by atoms with E-state index in [2.05, 4.69) is 38.1 Å². The fourth-order valence-electron chi connectivity index (χ4n) is 1.04. The first-order valence-electron chi connectivity index (χ1n) is 3.87. The first-order chi connectivity index (χ1) is 6.78. The highest BCUT2D eigenvalue weighted by atomic mass is 127. The highest BCUT2D eigenvalue weighted by Gasteiger charge is 2.02. The Balaban J connectivity index is 2.10. The first-order valence-corrected chi connectivity index (χ1v) is 5.83. The number of halogens is 1. The molecule has 0 bridgehead atoms. The molecule has 2 aromatic heterocycles. The van der Waals surface area contributed by atoms with E-state index in [1.54, 1.807) is 0 Å². The lowest BCUT2D eigenvalue weighted by Gasteiger charge is -1.95. The molecule has 0 saturated carbocycles. The molecule has 0 spiro atoms. The third-order valence-electron chi connectivity index (χ3n) is 1.60. The van der Waals surface area contributed by atoms with Crippen LogP contribution in [-0.2, 0) is 6.54 Å². The van der Waals surface area contributed by atoms with Crippen molar-refractivity contribution in [2.45, 2.75) is 6.54 Å². The molecule has 0 fully saturated rings. The molecule has 2 heterocycles. The number of anilines is 1. The molecule has 0 aliphatic rings. The van der Waals surface area contributed by atoms with Gasteiger partial charge < -0.3 is 0 Å². The quantitative estimate of drug-likeness (QED) is 0.508. The minimum Gasteiger partial charge on any atom is -0.300 e. The molecule has 0 aliphatic heterocycles. The maximum absolute atomic E-state index is 5.23. The van der Waals surface area contributed by atoms with E-state index in [1.807, 2.05) is 22.5 Å². The molecule has 74 valence electrons. The number of thiazole rings is 1. The number of nitrogens with two attached hydrogens (primary N) is 1. The molecule has 2 aromatic rings. The van der Waals surface area contributed by atoms with E-state index in [0.29, 0.717) is 6.54 Å². The van der Waals surface area contributed by atoms with Gasteiger partial charge in [-0.3, -0.25) is 10.1 Å². The maximum Gasteiger partial charge on any atom is 0.197 e. The van der Waals surface area contributed by atoms with Crippen molar-refractivity contribution in [2.24, 2.45) is 5.84 Å². The van der Waals surface area contributed by atoms with Crippen molar-refractivity contribution in [1.82, 2.24) is 14.8 Å². The number of hydrogen-bond acceptors (Lipinski definition) is 5. The summed E-state index contributed by atoms with van der Waals surface area (Å²) in [6.07, 6.45) is 3.78. The Kier molecular flexibility index (Phi) is 2.99. The molecule has 0 aliphatic carbocycles. The van der Waals surface area contributed by atoms with E-state index < -0.39 is 0 Å². The lowest BCUT2D eigenvalue weighted by Crippen LogP contribution is -2.06. The topological polar surface area (TPSA) is 68.8 Å². The zero-order valence-electron chi connectivity index (χ0n) is 7.14. The summed E-state index contributed by atoms with van der Waals surface area (Å²) in [4.78, 5) is 4.25. The Morgan fingerprint density at radius 2 is 2.50 bits per heavy atom. The summed E-state index contributed by atoms with van der Waals surface area (Å²) in [5, 5.41) is 6.85. The van der Waals surface area contributed by atoms with Crippen molar-refractivity contribution < 1.29 is 0 Å². The van der Waals surface area contributed by atoms with Gasteiger partial charge in [-0.15, -0.1) is 11.3 Å². The standard InChI is InChI=1S/C7H8IN5S/c8-5-1-10-13(2-5)3-6-4-14-7(11-6)12-9/h1-2,4H,3,9H2,(H,11,12). The van der Waals surface area contributed by atoms with Gasteiger partial charge >= 0.3 is 0 Å². The Morgan fingerprint density at radius 1 is 1.64 bits per heavy atom. The van der Waals surface area contributed by atoms with Gasteiger partial charge in [-0.1, -0.05) is 0 Å². The van der Waals surface area contributed by atoms with Gasteiger partial charge in [-0.25, -0.2) is 10.8 Å². The molecule has 0 atom stereocenters. The van der Waals surface area contributed by atoms with Crippen LogP contribution in [0.5, 0.6) is 0 Å². The third-order valence-corrected chi connectivity index (χ3v) is 2.98. The second kappa shape index (κ2) is 4.24. The number of hydrazine groups is 1. The second-order valence-electron chi connectivity index (χ2n) is 2.64. The Labute approximate surface area is 98.4 Å². The molecule has 2 rings (SSSR count). The largest absolute Gasteiger partial charge is 0.300 e. The van der Waals surface area contributed by atoms with Crippen LogP contribution < -0.4 is 11.3 Å². The SMILES string of the molecule is NNc1nc(Cn2cc(I)cn2)cs1. The smallest absolute Gasteiger partial charge is 0.197 e. The summed E-state index contributed by atoms with van der Waals surface area (Å²) in [5.74, 6) is 5.23. The van der Waals surface area contributed by atoms with Crippen molar-refractivity contribution in [3.63, 3.8) is 0 Å². The Bertz CT molecular complexity index is 423. The molecule has 0 unspecified atom stereocenters. The summed E-state index contributed by atoms with van der Waals surface area (Å²) >= 11 is 3.71. The number of hydrogen-bond donors (Lipinski definition) is 2. The van der Waals surface area contributed by atoms with Gasteiger partial charge in [0.15, 0.2) is 5.13 Å². The molecule has 7 heteroatoms. The highest BCUT2D eigenvalue weighted by Crippen LogP contribution is 2.14. The van der Waals surface area contributed by atoms with E-state index in [0.717, 1.165) is 14.4 Å². The maximum atomic E-state index is 5.23. The molecular formula is C7H8IN5S. The Hall–Kier alpha value is -0.670. The van der Waals surface area contributed by atoms with Crippen LogP contribution in [0.2, 0.25) is 0 Å². The second-order valence-corrected chi connectivity index (χ2v) is 4.75. The van der Waals surface area contributed by atoms with Crippen LogP contribution >= 0.6 is 33.9 Å². The summed E-state index contributed by atoms with van der Waals surface area (Å²) in [6.45, 7) is 0.682. The van der Waals surface area contributed by atoms with Crippen molar-refractivity contribution >= 4 is 39.1 Å². The van der Waals surface area contributed by atoms with Crippen molar-refractivity contribution in [2.75, 3.05) is 5.43 Å². The van der Waals surface area contributed by atoms with Crippen LogP contribution in [0, 0.1) is 3.57 Å². The third kappa shape index (κ3) is 2.22. The van der Waals surface area contributed by atoms with Gasteiger partial charge in [0.1, 0.15) is 0 Å². The van der Waals surface area contributed by atoms with E-state index in [-0.39, 0.29) is 0 Å². The fraction of sp³-hybridized carbons (Fsp3) is 0.143. The molecule has 0 radical (unpaired) electrons. The number of nitrogens with zero attached hydrogens (tertiary/aromatic N) is 3. The van der Waals surface area contributed by atoms with Gasteiger partial charge in [0.2, 0.25) is 0 Å². The molecule has 5 nitrogen and oxygen atoms in total. The van der Waals surface area contributed by atoms with E-state index in [4.69, 9.17) is 5.84 Å². The van der Waals surface area contributed by atoms with E-state index >= 15 is 0 Å². The number of aromatic nitrogens is 3. The first kappa shape index (κ1) is 9.87. The van der Waals surface area contributed by atoms with Crippen LogP contribution in [0.3, 0.4) is 0 Å². The summed E-state index contributed by atoms with van der Waals surface area (Å²) in [5.41, 5.74) is 3.48. The minimum atomic E-state index is 0.682. The van der Waals surface area contributed by atoms with Crippen molar-refractivity contribution in [3.05, 3.63) is 27.0 Å². The lowest BCUT2D eigenvalue weighted by molar-refractivity contribution is 0.676. The van der Waals surface area contributed by atoms with Gasteiger partial charge in [0.05, 0.1) is 22.0 Å². The average molecular weight is 321 g/mol. The molecule has 3 N–H and O–H groups in total. The molecule has 0 aromatic carbocycles. The molecule has 0 saturated heterocycles. The van der Waals surface area contributed by atoms with Gasteiger partial charge in [0, 0.05) is 11.6 Å². The number of nitrogen functional groups attached to an aromatic ring is 1. The molecular weight excluding hydrogens is 313 g/mol. The van der Waals surface area contributed by atoms with Gasteiger partial charge in [0.25, 0.3) is 0 Å². The summed E-state index contributed by atoms with van der Waals surface area (Å²) in [7, 11) is 0. The normalized spacial score (nSPS) is 10.4. The zero-order valence-corrected chi connectivity index (χ0v) is 10.1. The van der Waals surface area contributed by atoms with Crippen LogP contribution in [-0.4, -0.2) is 14.8 Å². The van der Waals surface area contributed by atoms with Crippen molar-refractivity contribution in [1.29, 1.82) is 0 Å². The van der Waals surface area contributed by atoms with E-state index in [9.17, 15) is 0 Å². The zero-order chi connectivity index (χ0) is 9.97. The fourth-order valence-corrected chi connectivity index (χ4v) is 2.10. The molecule has 14 heavy (non-hydrogen) atoms. The van der Waals surface area contributed by atoms with Crippen LogP contribution in [0.1, 0.15) is 5.69 Å². The van der Waals surface area contributed by atoms with Crippen molar-refractivity contribution in [3.8, 4) is 0 Å². The predicted molar refractivity (Wildman–Crippen MR) is 64.0 cm³/mol.